The van der Waals surface area contributed by atoms with Crippen LogP contribution in [0.1, 0.15) is 5.56 Å². The van der Waals surface area contributed by atoms with Gasteiger partial charge in [-0.3, -0.25) is 0 Å². The van der Waals surface area contributed by atoms with Gasteiger partial charge in [0, 0.05) is 11.4 Å². The van der Waals surface area contributed by atoms with Crippen molar-refractivity contribution in [1.29, 1.82) is 5.26 Å². The second-order valence-corrected chi connectivity index (χ2v) is 3.54. The molecule has 0 bridgehead atoms. The van der Waals surface area contributed by atoms with Crippen LogP contribution >= 0.6 is 0 Å². The van der Waals surface area contributed by atoms with Gasteiger partial charge in [-0.1, -0.05) is 0 Å². The number of nitrogens with two attached hydrogens (primary N) is 2. The van der Waals surface area contributed by atoms with Gasteiger partial charge >= 0.3 is 0 Å². The molecule has 2 aromatic carbocycles. The molecule has 0 heterocycles. The van der Waals surface area contributed by atoms with Crippen LogP contribution in [0.2, 0.25) is 0 Å². The number of rotatable bonds is 2. The third kappa shape index (κ3) is 2.47. The molecule has 0 aliphatic heterocycles. The number of nitriles is 1. The first kappa shape index (κ1) is 10.8. The van der Waals surface area contributed by atoms with Crippen molar-refractivity contribution in [2.75, 3.05) is 11.5 Å². The summed E-state index contributed by atoms with van der Waals surface area (Å²) in [6.07, 6.45) is 0. The van der Waals surface area contributed by atoms with Crippen molar-refractivity contribution in [3.8, 4) is 17.6 Å². The van der Waals surface area contributed by atoms with E-state index in [4.69, 9.17) is 21.5 Å². The average molecular weight is 225 g/mol. The Morgan fingerprint density at radius 1 is 0.941 bits per heavy atom. The summed E-state index contributed by atoms with van der Waals surface area (Å²) in [6, 6.07) is 13.9. The molecule has 0 unspecified atom stereocenters. The Labute approximate surface area is 99.0 Å². The molecule has 2 aromatic rings. The maximum absolute atomic E-state index is 8.96. The summed E-state index contributed by atoms with van der Waals surface area (Å²) in [4.78, 5) is 0. The highest BCUT2D eigenvalue weighted by atomic mass is 16.5. The van der Waals surface area contributed by atoms with E-state index in [0.717, 1.165) is 0 Å². The molecule has 0 spiro atoms. The lowest BCUT2D eigenvalue weighted by Gasteiger charge is -2.07. The van der Waals surface area contributed by atoms with Crippen molar-refractivity contribution >= 4 is 11.4 Å². The van der Waals surface area contributed by atoms with Crippen molar-refractivity contribution in [2.45, 2.75) is 0 Å². The van der Waals surface area contributed by atoms with Gasteiger partial charge in [0.1, 0.15) is 17.6 Å². The molecule has 4 nitrogen and oxygen atoms in total. The van der Waals surface area contributed by atoms with Gasteiger partial charge in [-0.15, -0.1) is 0 Å². The van der Waals surface area contributed by atoms with Crippen molar-refractivity contribution in [3.05, 3.63) is 48.0 Å². The van der Waals surface area contributed by atoms with Gasteiger partial charge in [0.15, 0.2) is 0 Å². The summed E-state index contributed by atoms with van der Waals surface area (Å²) in [7, 11) is 0. The molecule has 4 N–H and O–H groups in total. The second-order valence-electron chi connectivity index (χ2n) is 3.54. The lowest BCUT2D eigenvalue weighted by atomic mass is 10.2. The van der Waals surface area contributed by atoms with Gasteiger partial charge in [0.2, 0.25) is 0 Å². The fourth-order valence-corrected chi connectivity index (χ4v) is 1.39. The average Bonchev–Trinajstić information content (AvgIpc) is 2.34. The van der Waals surface area contributed by atoms with Crippen LogP contribution in [0, 0.1) is 11.3 Å². The first-order chi connectivity index (χ1) is 8.19. The topological polar surface area (TPSA) is 85.1 Å². The van der Waals surface area contributed by atoms with Crippen molar-refractivity contribution in [2.24, 2.45) is 0 Å². The highest BCUT2D eigenvalue weighted by molar-refractivity contribution is 5.54. The summed E-state index contributed by atoms with van der Waals surface area (Å²) < 4.78 is 5.58. The molecule has 0 saturated heterocycles. The molecule has 0 aliphatic carbocycles. The zero-order valence-corrected chi connectivity index (χ0v) is 9.05. The molecule has 0 radical (unpaired) electrons. The molecule has 0 amide bonds. The third-order valence-electron chi connectivity index (χ3n) is 2.23. The zero-order valence-electron chi connectivity index (χ0n) is 9.05. The van der Waals surface area contributed by atoms with E-state index in [2.05, 4.69) is 0 Å². The Morgan fingerprint density at radius 3 is 2.24 bits per heavy atom. The fourth-order valence-electron chi connectivity index (χ4n) is 1.39. The van der Waals surface area contributed by atoms with E-state index in [1.165, 1.54) is 0 Å². The SMILES string of the molecule is N#Cc1cc(N)ccc1Oc1ccc(N)cc1. The monoisotopic (exact) mass is 225 g/mol. The molecule has 2 rings (SSSR count). The number of nitrogens with zero attached hydrogens (tertiary/aromatic N) is 1. The predicted octanol–water partition coefficient (Wildman–Crippen LogP) is 2.51. The zero-order chi connectivity index (χ0) is 12.3. The minimum absolute atomic E-state index is 0.404. The number of hydrogen-bond acceptors (Lipinski definition) is 4. The molecule has 17 heavy (non-hydrogen) atoms. The van der Waals surface area contributed by atoms with Gasteiger partial charge < -0.3 is 16.2 Å². The molecular weight excluding hydrogens is 214 g/mol. The van der Waals surface area contributed by atoms with Crippen LogP contribution in [-0.4, -0.2) is 0 Å². The van der Waals surface area contributed by atoms with E-state index in [-0.39, 0.29) is 0 Å². The molecule has 0 aromatic heterocycles. The quantitative estimate of drug-likeness (QED) is 0.769. The number of ether oxygens (including phenoxy) is 1. The molecule has 84 valence electrons. The van der Waals surface area contributed by atoms with E-state index < -0.39 is 0 Å². The predicted molar refractivity (Wildman–Crippen MR) is 66.5 cm³/mol. The largest absolute Gasteiger partial charge is 0.456 e. The van der Waals surface area contributed by atoms with Crippen LogP contribution in [0.5, 0.6) is 11.5 Å². The Kier molecular flexibility index (Phi) is 2.84. The lowest BCUT2D eigenvalue weighted by molar-refractivity contribution is 0.481. The number of anilines is 2. The van der Waals surface area contributed by atoms with Crippen molar-refractivity contribution in [1.82, 2.24) is 0 Å². The van der Waals surface area contributed by atoms with Gasteiger partial charge in [-0.2, -0.15) is 5.26 Å². The van der Waals surface area contributed by atoms with E-state index in [0.29, 0.717) is 28.4 Å². The Hall–Kier alpha value is -2.67. The summed E-state index contributed by atoms with van der Waals surface area (Å²) in [5.74, 6) is 1.10. The minimum atomic E-state index is 0.404. The standard InChI is InChI=1S/C13H11N3O/c14-8-9-7-11(16)3-6-13(9)17-12-4-1-10(15)2-5-12/h1-7H,15-16H2. The van der Waals surface area contributed by atoms with Gasteiger partial charge in [0.05, 0.1) is 5.56 Å². The van der Waals surface area contributed by atoms with Crippen molar-refractivity contribution < 1.29 is 4.74 Å². The number of benzene rings is 2. The fraction of sp³-hybridized carbons (Fsp3) is 0. The van der Waals surface area contributed by atoms with Gasteiger partial charge in [0.25, 0.3) is 0 Å². The Bertz CT molecular complexity index is 570. The number of hydrogen-bond donors (Lipinski definition) is 2. The first-order valence-electron chi connectivity index (χ1n) is 5.02. The van der Waals surface area contributed by atoms with E-state index in [9.17, 15) is 0 Å². The van der Waals surface area contributed by atoms with Crippen LogP contribution in [0.4, 0.5) is 11.4 Å². The summed E-state index contributed by atoms with van der Waals surface area (Å²) in [5.41, 5.74) is 12.8. The lowest BCUT2D eigenvalue weighted by Crippen LogP contribution is -1.91. The molecular formula is C13H11N3O. The van der Waals surface area contributed by atoms with Crippen LogP contribution in [0.15, 0.2) is 42.5 Å². The first-order valence-corrected chi connectivity index (χ1v) is 5.02. The van der Waals surface area contributed by atoms with E-state index in [1.54, 1.807) is 42.5 Å². The smallest absolute Gasteiger partial charge is 0.145 e. The molecule has 0 fully saturated rings. The molecule has 4 heteroatoms. The van der Waals surface area contributed by atoms with E-state index in [1.807, 2.05) is 6.07 Å². The molecule has 0 aliphatic rings. The third-order valence-corrected chi connectivity index (χ3v) is 2.23. The van der Waals surface area contributed by atoms with E-state index >= 15 is 0 Å². The normalized spacial score (nSPS) is 9.59. The highest BCUT2D eigenvalue weighted by Crippen LogP contribution is 2.26. The maximum Gasteiger partial charge on any atom is 0.145 e. The van der Waals surface area contributed by atoms with Crippen LogP contribution in [0.3, 0.4) is 0 Å². The highest BCUT2D eigenvalue weighted by Gasteiger charge is 2.04. The van der Waals surface area contributed by atoms with Crippen LogP contribution < -0.4 is 16.2 Å². The molecule has 0 atom stereocenters. The minimum Gasteiger partial charge on any atom is -0.456 e. The summed E-state index contributed by atoms with van der Waals surface area (Å²) >= 11 is 0. The van der Waals surface area contributed by atoms with Crippen molar-refractivity contribution in [3.63, 3.8) is 0 Å². The summed E-state index contributed by atoms with van der Waals surface area (Å²) in [6.45, 7) is 0. The number of nitrogen functional groups attached to an aromatic ring is 2. The van der Waals surface area contributed by atoms with Crippen LogP contribution in [0.25, 0.3) is 0 Å². The maximum atomic E-state index is 8.96. The second kappa shape index (κ2) is 4.45. The van der Waals surface area contributed by atoms with Crippen LogP contribution in [-0.2, 0) is 0 Å². The van der Waals surface area contributed by atoms with Gasteiger partial charge in [-0.25, -0.2) is 0 Å². The Morgan fingerprint density at radius 2 is 1.59 bits per heavy atom. The Balaban J connectivity index is 2.30. The molecule has 0 saturated carbocycles. The van der Waals surface area contributed by atoms with Gasteiger partial charge in [-0.05, 0) is 42.5 Å². The summed E-state index contributed by atoms with van der Waals surface area (Å²) in [5, 5.41) is 8.96.